The Bertz CT molecular complexity index is 3410. The van der Waals surface area contributed by atoms with Crippen molar-refractivity contribution in [2.45, 2.75) is 5.41 Å². The van der Waals surface area contributed by atoms with Gasteiger partial charge in [0.1, 0.15) is 5.58 Å². The molecule has 3 aromatic heterocycles. The topological polar surface area (TPSA) is 43.9 Å². The van der Waals surface area contributed by atoms with E-state index in [1.807, 2.05) is 12.1 Å². The molecule has 0 bridgehead atoms. The van der Waals surface area contributed by atoms with E-state index in [0.717, 1.165) is 38.8 Å². The van der Waals surface area contributed by atoms with Crippen molar-refractivity contribution in [2.75, 3.05) is 0 Å². The zero-order valence-corrected chi connectivity index (χ0v) is 29.5. The molecule has 2 aliphatic carbocycles. The van der Waals surface area contributed by atoms with Crippen molar-refractivity contribution in [3.05, 3.63) is 198 Å². The van der Waals surface area contributed by atoms with E-state index in [-0.39, 0.29) is 0 Å². The minimum atomic E-state index is -0.463. The van der Waals surface area contributed by atoms with E-state index < -0.39 is 5.41 Å². The first-order valence-corrected chi connectivity index (χ1v) is 18.8. The lowest BCUT2D eigenvalue weighted by atomic mass is 9.70. The van der Waals surface area contributed by atoms with Gasteiger partial charge in [0.15, 0.2) is 11.6 Å². The Labute approximate surface area is 315 Å². The van der Waals surface area contributed by atoms with Crippen LogP contribution < -0.4 is 0 Å². The second-order valence-corrected chi connectivity index (χ2v) is 14.8. The molecule has 8 aromatic carbocycles. The fraction of sp³-hybridized carbons (Fsp3) is 0.0196. The molecule has 55 heavy (non-hydrogen) atoms. The number of para-hydroxylation sites is 2. The van der Waals surface area contributed by atoms with Crippen molar-refractivity contribution in [3.8, 4) is 39.5 Å². The summed E-state index contributed by atoms with van der Waals surface area (Å²) in [5, 5.41) is 6.65. The Hall–Kier alpha value is -7.30. The molecule has 0 fully saturated rings. The quantitative estimate of drug-likeness (QED) is 0.180. The monoisotopic (exact) mass is 699 g/mol. The Morgan fingerprint density at radius 1 is 0.436 bits per heavy atom. The SMILES string of the molecule is c1ccc2c(c1)-c1ccccc1C21c2ccccc2-c2c(-c3nc(-n4c5ccccc5c5cc6ccccc6cc54)c4c(n3)oc3ccccc34)cccc21. The van der Waals surface area contributed by atoms with Crippen LogP contribution in [0.3, 0.4) is 0 Å². The van der Waals surface area contributed by atoms with Gasteiger partial charge in [-0.05, 0) is 79.5 Å². The number of benzene rings is 8. The predicted molar refractivity (Wildman–Crippen MR) is 223 cm³/mol. The first-order chi connectivity index (χ1) is 27.3. The van der Waals surface area contributed by atoms with Crippen LogP contribution in [0.15, 0.2) is 180 Å². The van der Waals surface area contributed by atoms with E-state index in [2.05, 4.69) is 168 Å². The second kappa shape index (κ2) is 10.4. The largest absolute Gasteiger partial charge is 0.437 e. The van der Waals surface area contributed by atoms with Gasteiger partial charge in [-0.3, -0.25) is 4.57 Å². The Balaban J connectivity index is 1.16. The lowest BCUT2D eigenvalue weighted by Crippen LogP contribution is -2.25. The summed E-state index contributed by atoms with van der Waals surface area (Å²) in [5.41, 5.74) is 14.2. The van der Waals surface area contributed by atoms with E-state index in [9.17, 15) is 0 Å². The maximum absolute atomic E-state index is 6.66. The van der Waals surface area contributed by atoms with Crippen LogP contribution in [-0.2, 0) is 5.41 Å². The predicted octanol–water partition coefficient (Wildman–Crippen LogP) is 12.6. The molecule has 0 radical (unpaired) electrons. The summed E-state index contributed by atoms with van der Waals surface area (Å²) < 4.78 is 8.99. The highest BCUT2D eigenvalue weighted by Gasteiger charge is 2.52. The van der Waals surface area contributed by atoms with Gasteiger partial charge in [0.2, 0.25) is 5.71 Å². The zero-order valence-electron chi connectivity index (χ0n) is 29.5. The van der Waals surface area contributed by atoms with Gasteiger partial charge in [-0.25, -0.2) is 4.98 Å². The minimum absolute atomic E-state index is 0.463. The third-order valence-corrected chi connectivity index (χ3v) is 12.2. The van der Waals surface area contributed by atoms with Crippen LogP contribution in [0.2, 0.25) is 0 Å². The number of furan rings is 1. The Kier molecular flexibility index (Phi) is 5.54. The molecule has 11 aromatic rings. The fourth-order valence-corrected chi connectivity index (χ4v) is 10.1. The summed E-state index contributed by atoms with van der Waals surface area (Å²) in [4.78, 5) is 11.0. The van der Waals surface area contributed by atoms with Gasteiger partial charge in [0, 0.05) is 21.7 Å². The maximum atomic E-state index is 6.66. The first kappa shape index (κ1) is 29.2. The molecule has 0 N–H and O–H groups in total. The summed E-state index contributed by atoms with van der Waals surface area (Å²) in [6.07, 6.45) is 0. The molecule has 0 unspecified atom stereocenters. The molecular formula is C51H29N3O. The molecule has 0 atom stereocenters. The number of hydrogen-bond donors (Lipinski definition) is 0. The number of fused-ring (bicyclic) bond motifs is 17. The minimum Gasteiger partial charge on any atom is -0.437 e. The molecule has 4 heteroatoms. The molecule has 1 spiro atoms. The first-order valence-electron chi connectivity index (χ1n) is 18.8. The molecule has 0 saturated heterocycles. The molecule has 0 aliphatic heterocycles. The average molecular weight is 700 g/mol. The summed E-state index contributed by atoms with van der Waals surface area (Å²) >= 11 is 0. The zero-order chi connectivity index (χ0) is 35.8. The van der Waals surface area contributed by atoms with Crippen molar-refractivity contribution < 1.29 is 4.42 Å². The molecule has 0 amide bonds. The van der Waals surface area contributed by atoms with Crippen molar-refractivity contribution in [3.63, 3.8) is 0 Å². The van der Waals surface area contributed by atoms with Crippen LogP contribution in [0.5, 0.6) is 0 Å². The lowest BCUT2D eigenvalue weighted by molar-refractivity contribution is 0.653. The van der Waals surface area contributed by atoms with E-state index in [0.29, 0.717) is 11.5 Å². The van der Waals surface area contributed by atoms with Crippen molar-refractivity contribution in [2.24, 2.45) is 0 Å². The number of aromatic nitrogens is 3. The lowest BCUT2D eigenvalue weighted by Gasteiger charge is -2.30. The highest BCUT2D eigenvalue weighted by atomic mass is 16.3. The van der Waals surface area contributed by atoms with Crippen LogP contribution in [-0.4, -0.2) is 14.5 Å². The molecule has 13 rings (SSSR count). The van der Waals surface area contributed by atoms with Crippen LogP contribution in [0.25, 0.3) is 94.1 Å². The van der Waals surface area contributed by atoms with E-state index in [1.165, 1.54) is 66.1 Å². The summed E-state index contributed by atoms with van der Waals surface area (Å²) in [7, 11) is 0. The third kappa shape index (κ3) is 3.61. The summed E-state index contributed by atoms with van der Waals surface area (Å²) in [6.45, 7) is 0. The van der Waals surface area contributed by atoms with Gasteiger partial charge >= 0.3 is 0 Å². The highest BCUT2D eigenvalue weighted by Crippen LogP contribution is 2.63. The summed E-state index contributed by atoms with van der Waals surface area (Å²) in [6, 6.07) is 63.5. The van der Waals surface area contributed by atoms with Crippen LogP contribution in [0.1, 0.15) is 22.3 Å². The number of rotatable bonds is 2. The molecular weight excluding hydrogens is 671 g/mol. The van der Waals surface area contributed by atoms with Crippen molar-refractivity contribution in [1.82, 2.24) is 14.5 Å². The molecule has 2 aliphatic rings. The molecule has 254 valence electrons. The van der Waals surface area contributed by atoms with Gasteiger partial charge < -0.3 is 4.42 Å². The van der Waals surface area contributed by atoms with E-state index in [4.69, 9.17) is 14.4 Å². The number of hydrogen-bond acceptors (Lipinski definition) is 3. The van der Waals surface area contributed by atoms with Crippen LogP contribution in [0.4, 0.5) is 0 Å². The smallest absolute Gasteiger partial charge is 0.233 e. The summed E-state index contributed by atoms with van der Waals surface area (Å²) in [5.74, 6) is 1.44. The Morgan fingerprint density at radius 3 is 1.80 bits per heavy atom. The molecule has 0 saturated carbocycles. The highest BCUT2D eigenvalue weighted by molar-refractivity contribution is 6.16. The van der Waals surface area contributed by atoms with Crippen LogP contribution in [0, 0.1) is 0 Å². The fourth-order valence-electron chi connectivity index (χ4n) is 10.1. The number of nitrogens with zero attached hydrogens (tertiary/aromatic N) is 3. The molecule has 4 nitrogen and oxygen atoms in total. The van der Waals surface area contributed by atoms with Gasteiger partial charge in [0.05, 0.1) is 21.8 Å². The van der Waals surface area contributed by atoms with Gasteiger partial charge in [-0.15, -0.1) is 0 Å². The van der Waals surface area contributed by atoms with Crippen LogP contribution >= 0.6 is 0 Å². The normalized spacial score (nSPS) is 13.6. The standard InChI is InChI=1S/C51H29N3O/c1-2-15-31-29-44-38(28-30(31)14-1)34-18-6-11-26-43(34)54(44)49-47-36-20-7-12-27-45(36)55-50(47)53-48(52-49)37-21-13-25-42-46(37)35-19-5-10-24-41(35)51(42)39-22-8-3-16-32(39)33-17-4-9-23-40(33)51/h1-29H. The maximum Gasteiger partial charge on any atom is 0.233 e. The second-order valence-electron chi connectivity index (χ2n) is 14.8. The molecule has 3 heterocycles. The Morgan fingerprint density at radius 2 is 1.02 bits per heavy atom. The van der Waals surface area contributed by atoms with Crippen molar-refractivity contribution in [1.29, 1.82) is 0 Å². The van der Waals surface area contributed by atoms with E-state index in [1.54, 1.807) is 0 Å². The van der Waals surface area contributed by atoms with E-state index >= 15 is 0 Å². The third-order valence-electron chi connectivity index (χ3n) is 12.2. The van der Waals surface area contributed by atoms with Gasteiger partial charge in [0.25, 0.3) is 0 Å². The van der Waals surface area contributed by atoms with Gasteiger partial charge in [-0.1, -0.05) is 152 Å². The van der Waals surface area contributed by atoms with Crippen molar-refractivity contribution >= 4 is 54.6 Å². The van der Waals surface area contributed by atoms with Gasteiger partial charge in [-0.2, -0.15) is 4.98 Å². The average Bonchev–Trinajstić information content (AvgIpc) is 3.96.